The van der Waals surface area contributed by atoms with Gasteiger partial charge >= 0.3 is 12.0 Å². The van der Waals surface area contributed by atoms with Crippen LogP contribution in [0.5, 0.6) is 0 Å². The maximum Gasteiger partial charge on any atom is 0.319 e. The van der Waals surface area contributed by atoms with Crippen molar-refractivity contribution in [3.63, 3.8) is 0 Å². The molecular weight excluding hydrogens is 530 g/mol. The van der Waals surface area contributed by atoms with E-state index in [1.165, 1.54) is 12.1 Å². The summed E-state index contributed by atoms with van der Waals surface area (Å²) < 4.78 is 51.7. The first-order valence-electron chi connectivity index (χ1n) is 11.8. The zero-order chi connectivity index (χ0) is 27.3. The fraction of sp³-hybridized carbons (Fsp3) is 0.231. The lowest BCUT2D eigenvalue weighted by molar-refractivity contribution is -0.137. The molecule has 1 aliphatic heterocycles. The SMILES string of the molecule is O=C(O)CC(NS(=O)(=O)c1ccc(-c2cccc(NC(=O)NC3CCS(=O)(=O)C3)c2)cc1)c1ccccc1. The molecule has 12 heteroatoms. The van der Waals surface area contributed by atoms with Crippen LogP contribution in [-0.4, -0.2) is 51.5 Å². The van der Waals surface area contributed by atoms with E-state index >= 15 is 0 Å². The molecule has 1 aliphatic rings. The Labute approximate surface area is 221 Å². The van der Waals surface area contributed by atoms with Gasteiger partial charge in [0.05, 0.1) is 28.9 Å². The number of aliphatic carboxylic acids is 1. The molecule has 0 aromatic heterocycles. The van der Waals surface area contributed by atoms with E-state index in [1.807, 2.05) is 0 Å². The Balaban J connectivity index is 1.45. The Morgan fingerprint density at radius 1 is 0.947 bits per heavy atom. The molecule has 3 aromatic rings. The summed E-state index contributed by atoms with van der Waals surface area (Å²) >= 11 is 0. The minimum Gasteiger partial charge on any atom is -0.481 e. The number of carboxylic acid groups (broad SMARTS) is 1. The lowest BCUT2D eigenvalue weighted by Crippen LogP contribution is -2.38. The third-order valence-electron chi connectivity index (χ3n) is 6.06. The van der Waals surface area contributed by atoms with Crippen LogP contribution >= 0.6 is 0 Å². The van der Waals surface area contributed by atoms with Gasteiger partial charge in [-0.05, 0) is 47.4 Å². The average Bonchev–Trinajstić information content (AvgIpc) is 3.21. The van der Waals surface area contributed by atoms with Gasteiger partial charge in [-0.2, -0.15) is 0 Å². The summed E-state index contributed by atoms with van der Waals surface area (Å²) in [5.41, 5.74) is 2.44. The van der Waals surface area contributed by atoms with Gasteiger partial charge in [0.15, 0.2) is 9.84 Å². The van der Waals surface area contributed by atoms with E-state index < -0.39 is 50.4 Å². The summed E-state index contributed by atoms with van der Waals surface area (Å²) in [5, 5.41) is 14.6. The highest BCUT2D eigenvalue weighted by Gasteiger charge is 2.29. The summed E-state index contributed by atoms with van der Waals surface area (Å²) in [7, 11) is -7.13. The highest BCUT2D eigenvalue weighted by molar-refractivity contribution is 7.91. The molecule has 10 nitrogen and oxygen atoms in total. The number of anilines is 1. The van der Waals surface area contributed by atoms with Gasteiger partial charge in [0.2, 0.25) is 10.0 Å². The molecular formula is C26H27N3O7S2. The van der Waals surface area contributed by atoms with Gasteiger partial charge in [-0.1, -0.05) is 54.6 Å². The Hall–Kier alpha value is -3.74. The van der Waals surface area contributed by atoms with Crippen molar-refractivity contribution in [3.05, 3.63) is 84.4 Å². The van der Waals surface area contributed by atoms with E-state index in [4.69, 9.17) is 0 Å². The van der Waals surface area contributed by atoms with Gasteiger partial charge < -0.3 is 15.7 Å². The molecule has 200 valence electrons. The first-order chi connectivity index (χ1) is 18.0. The minimum absolute atomic E-state index is 0.0206. The summed E-state index contributed by atoms with van der Waals surface area (Å²) in [6.07, 6.45) is -0.0342. The molecule has 38 heavy (non-hydrogen) atoms. The van der Waals surface area contributed by atoms with Crippen molar-refractivity contribution >= 4 is 37.5 Å². The van der Waals surface area contributed by atoms with E-state index in [-0.39, 0.29) is 16.4 Å². The number of amides is 2. The predicted molar refractivity (Wildman–Crippen MR) is 143 cm³/mol. The van der Waals surface area contributed by atoms with Crippen molar-refractivity contribution in [2.45, 2.75) is 29.8 Å². The number of rotatable bonds is 9. The van der Waals surface area contributed by atoms with E-state index in [2.05, 4.69) is 15.4 Å². The number of nitrogens with one attached hydrogen (secondary N) is 3. The number of urea groups is 1. The molecule has 1 heterocycles. The Kier molecular flexibility index (Phi) is 8.14. The van der Waals surface area contributed by atoms with Crippen molar-refractivity contribution < 1.29 is 31.5 Å². The normalized spacial score (nSPS) is 17.4. The minimum atomic E-state index is -4.02. The van der Waals surface area contributed by atoms with Gasteiger partial charge in [-0.15, -0.1) is 0 Å². The number of benzene rings is 3. The molecule has 1 fully saturated rings. The van der Waals surface area contributed by atoms with Crippen LogP contribution in [0.3, 0.4) is 0 Å². The van der Waals surface area contributed by atoms with Gasteiger partial charge in [0, 0.05) is 11.7 Å². The largest absolute Gasteiger partial charge is 0.481 e. The van der Waals surface area contributed by atoms with Gasteiger partial charge in [-0.25, -0.2) is 26.4 Å². The molecule has 2 amide bonds. The molecule has 3 aromatic carbocycles. The second-order valence-electron chi connectivity index (χ2n) is 8.99. The first kappa shape index (κ1) is 27.3. The molecule has 1 saturated heterocycles. The summed E-state index contributed by atoms with van der Waals surface area (Å²) in [6.45, 7) is 0. The number of sulfone groups is 1. The number of carbonyl (C=O) groups is 2. The molecule has 4 N–H and O–H groups in total. The van der Waals surface area contributed by atoms with E-state index in [0.717, 1.165) is 5.56 Å². The number of hydrogen-bond acceptors (Lipinski definition) is 6. The maximum atomic E-state index is 13.0. The van der Waals surface area contributed by atoms with Crippen molar-refractivity contribution in [1.82, 2.24) is 10.0 Å². The predicted octanol–water partition coefficient (Wildman–Crippen LogP) is 3.16. The molecule has 2 unspecified atom stereocenters. The van der Waals surface area contributed by atoms with Crippen LogP contribution in [0, 0.1) is 0 Å². The number of carbonyl (C=O) groups excluding carboxylic acids is 1. The zero-order valence-electron chi connectivity index (χ0n) is 20.2. The molecule has 0 aliphatic carbocycles. The maximum absolute atomic E-state index is 13.0. The number of carboxylic acids is 1. The van der Waals surface area contributed by atoms with Crippen molar-refractivity contribution in [2.75, 3.05) is 16.8 Å². The second kappa shape index (κ2) is 11.3. The van der Waals surface area contributed by atoms with Crippen molar-refractivity contribution in [3.8, 4) is 11.1 Å². The Bertz CT molecular complexity index is 1520. The summed E-state index contributed by atoms with van der Waals surface area (Å²) in [5.74, 6) is -1.15. The molecule has 0 saturated carbocycles. The molecule has 2 atom stereocenters. The lowest BCUT2D eigenvalue weighted by atomic mass is 10.1. The topological polar surface area (TPSA) is 159 Å². The van der Waals surface area contributed by atoms with Crippen LogP contribution in [0.25, 0.3) is 11.1 Å². The van der Waals surface area contributed by atoms with Crippen molar-refractivity contribution in [2.24, 2.45) is 0 Å². The summed E-state index contributed by atoms with van der Waals surface area (Å²) in [4.78, 5) is 23.6. The molecule has 4 rings (SSSR count). The average molecular weight is 558 g/mol. The third kappa shape index (κ3) is 7.18. The molecule has 0 radical (unpaired) electrons. The van der Waals surface area contributed by atoms with Crippen LogP contribution in [0.2, 0.25) is 0 Å². The molecule has 0 bridgehead atoms. The smallest absolute Gasteiger partial charge is 0.319 e. The quantitative estimate of drug-likeness (QED) is 0.314. The fourth-order valence-electron chi connectivity index (χ4n) is 4.21. The van der Waals surface area contributed by atoms with E-state index in [9.17, 15) is 31.5 Å². The van der Waals surface area contributed by atoms with Crippen LogP contribution in [0.4, 0.5) is 10.5 Å². The van der Waals surface area contributed by atoms with Gasteiger partial charge in [-0.3, -0.25) is 4.79 Å². The van der Waals surface area contributed by atoms with E-state index in [0.29, 0.717) is 23.2 Å². The Morgan fingerprint density at radius 3 is 2.29 bits per heavy atom. The number of sulfonamides is 1. The van der Waals surface area contributed by atoms with Crippen LogP contribution in [0.1, 0.15) is 24.4 Å². The zero-order valence-corrected chi connectivity index (χ0v) is 21.8. The Morgan fingerprint density at radius 2 is 1.66 bits per heavy atom. The number of hydrogen-bond donors (Lipinski definition) is 4. The van der Waals surface area contributed by atoms with Crippen molar-refractivity contribution in [1.29, 1.82) is 0 Å². The van der Waals surface area contributed by atoms with Crippen LogP contribution < -0.4 is 15.4 Å². The first-order valence-corrected chi connectivity index (χ1v) is 15.1. The standard InChI is InChI=1S/C26H27N3O7S2/c30-25(31)16-24(19-5-2-1-3-6-19)29-38(35,36)23-11-9-18(10-12-23)20-7-4-8-21(15-20)27-26(32)28-22-13-14-37(33,34)17-22/h1-12,15,22,24,29H,13-14,16-17H2,(H,30,31)(H2,27,28,32). The third-order valence-corrected chi connectivity index (χ3v) is 9.32. The lowest BCUT2D eigenvalue weighted by Gasteiger charge is -2.18. The fourth-order valence-corrected chi connectivity index (χ4v) is 7.11. The van der Waals surface area contributed by atoms with E-state index in [1.54, 1.807) is 66.7 Å². The van der Waals surface area contributed by atoms with Gasteiger partial charge in [0.1, 0.15) is 0 Å². The highest BCUT2D eigenvalue weighted by atomic mass is 32.2. The monoisotopic (exact) mass is 557 g/mol. The second-order valence-corrected chi connectivity index (χ2v) is 12.9. The van der Waals surface area contributed by atoms with Gasteiger partial charge in [0.25, 0.3) is 0 Å². The molecule has 0 spiro atoms. The van der Waals surface area contributed by atoms with Crippen LogP contribution in [0.15, 0.2) is 83.8 Å². The summed E-state index contributed by atoms with van der Waals surface area (Å²) in [6, 6.07) is 19.6. The highest BCUT2D eigenvalue weighted by Crippen LogP contribution is 2.26. The van der Waals surface area contributed by atoms with Crippen LogP contribution in [-0.2, 0) is 24.7 Å².